The number of likely N-dealkylation sites (tertiary alicyclic amines) is 1. The zero-order valence-electron chi connectivity index (χ0n) is 16.7. The van der Waals surface area contributed by atoms with Gasteiger partial charge >= 0.3 is 5.97 Å². The molecule has 1 saturated heterocycles. The molecule has 6 nitrogen and oxygen atoms in total. The summed E-state index contributed by atoms with van der Waals surface area (Å²) in [6.07, 6.45) is 2.47. The molecule has 1 aliphatic rings. The molecule has 1 aromatic carbocycles. The molecule has 152 valence electrons. The average Bonchev–Trinajstić information content (AvgIpc) is 3.37. The van der Waals surface area contributed by atoms with Crippen molar-refractivity contribution in [2.45, 2.75) is 38.3 Å². The molecule has 1 N–H and O–H groups in total. The number of aliphatic carboxylic acids is 1. The molecule has 2 unspecified atom stereocenters. The maximum atomic E-state index is 11.9. The lowest BCUT2D eigenvalue weighted by molar-refractivity contribution is -0.142. The standard InChI is InChI=1S/C21H27NO5S/c1-5-14-8-9-18(28-14)19(22-10-6-7-15(22)21(23)24)13-11-16(25-2)20(27-4)17(12-13)26-3/h8-9,11-12,15,19H,5-7,10H2,1-4H3,(H,23,24). The van der Waals surface area contributed by atoms with Gasteiger partial charge in [0.1, 0.15) is 6.04 Å². The number of rotatable bonds is 8. The lowest BCUT2D eigenvalue weighted by Gasteiger charge is -2.31. The van der Waals surface area contributed by atoms with Gasteiger partial charge in [-0.05, 0) is 49.1 Å². The Hall–Kier alpha value is -2.25. The van der Waals surface area contributed by atoms with Crippen LogP contribution in [0.25, 0.3) is 0 Å². The highest BCUT2D eigenvalue weighted by atomic mass is 32.1. The number of ether oxygens (including phenoxy) is 3. The number of carbonyl (C=O) groups is 1. The van der Waals surface area contributed by atoms with Gasteiger partial charge in [-0.25, -0.2) is 0 Å². The van der Waals surface area contributed by atoms with Gasteiger partial charge in [-0.3, -0.25) is 9.69 Å². The number of thiophene rings is 1. The fourth-order valence-electron chi connectivity index (χ4n) is 3.87. The van der Waals surface area contributed by atoms with E-state index in [1.165, 1.54) is 4.88 Å². The monoisotopic (exact) mass is 405 g/mol. The van der Waals surface area contributed by atoms with Crippen molar-refractivity contribution in [3.63, 3.8) is 0 Å². The van der Waals surface area contributed by atoms with Crippen molar-refractivity contribution in [3.05, 3.63) is 39.6 Å². The van der Waals surface area contributed by atoms with E-state index in [2.05, 4.69) is 24.0 Å². The number of aryl methyl sites for hydroxylation is 1. The smallest absolute Gasteiger partial charge is 0.320 e. The number of nitrogens with zero attached hydrogens (tertiary/aromatic N) is 1. The van der Waals surface area contributed by atoms with E-state index in [-0.39, 0.29) is 6.04 Å². The van der Waals surface area contributed by atoms with E-state index >= 15 is 0 Å². The third-order valence-electron chi connectivity index (χ3n) is 5.21. The van der Waals surface area contributed by atoms with Crippen molar-refractivity contribution in [2.75, 3.05) is 27.9 Å². The van der Waals surface area contributed by atoms with Crippen LogP contribution in [0.4, 0.5) is 0 Å². The number of hydrogen-bond acceptors (Lipinski definition) is 6. The first kappa shape index (κ1) is 20.5. The van der Waals surface area contributed by atoms with Crippen molar-refractivity contribution < 1.29 is 24.1 Å². The minimum Gasteiger partial charge on any atom is -0.493 e. The van der Waals surface area contributed by atoms with Crippen molar-refractivity contribution in [1.82, 2.24) is 4.90 Å². The summed E-state index contributed by atoms with van der Waals surface area (Å²) in [7, 11) is 4.75. The molecule has 0 saturated carbocycles. The van der Waals surface area contributed by atoms with Gasteiger partial charge in [0.25, 0.3) is 0 Å². The molecule has 28 heavy (non-hydrogen) atoms. The Kier molecular flexibility index (Phi) is 6.46. The Morgan fingerprint density at radius 3 is 2.39 bits per heavy atom. The van der Waals surface area contributed by atoms with E-state index in [0.29, 0.717) is 23.7 Å². The highest BCUT2D eigenvalue weighted by molar-refractivity contribution is 7.12. The van der Waals surface area contributed by atoms with Gasteiger partial charge in [0.2, 0.25) is 5.75 Å². The third-order valence-corrected chi connectivity index (χ3v) is 6.50. The summed E-state index contributed by atoms with van der Waals surface area (Å²) in [6.45, 7) is 2.86. The molecular formula is C21H27NO5S. The first-order valence-corrected chi connectivity index (χ1v) is 10.2. The Bertz CT molecular complexity index is 809. The maximum Gasteiger partial charge on any atom is 0.320 e. The lowest BCUT2D eigenvalue weighted by atomic mass is 10.0. The SMILES string of the molecule is CCc1ccc(C(c2cc(OC)c(OC)c(OC)c2)N2CCCC2C(=O)O)s1. The molecule has 0 spiro atoms. The van der Waals surface area contributed by atoms with E-state index in [1.54, 1.807) is 32.7 Å². The highest BCUT2D eigenvalue weighted by Gasteiger charge is 2.38. The summed E-state index contributed by atoms with van der Waals surface area (Å²) in [6, 6.07) is 7.40. The van der Waals surface area contributed by atoms with Crippen LogP contribution in [0.5, 0.6) is 17.2 Å². The molecule has 0 bridgehead atoms. The molecule has 2 heterocycles. The van der Waals surface area contributed by atoms with Crippen LogP contribution in [0, 0.1) is 0 Å². The lowest BCUT2D eigenvalue weighted by Crippen LogP contribution is -2.39. The number of carboxylic acid groups (broad SMARTS) is 1. The van der Waals surface area contributed by atoms with E-state index in [0.717, 1.165) is 29.8 Å². The molecule has 0 radical (unpaired) electrons. The van der Waals surface area contributed by atoms with Crippen LogP contribution in [-0.4, -0.2) is 49.9 Å². The fourth-order valence-corrected chi connectivity index (χ4v) is 4.98. The minimum atomic E-state index is -0.776. The molecule has 1 aliphatic heterocycles. The Morgan fingerprint density at radius 1 is 1.21 bits per heavy atom. The van der Waals surface area contributed by atoms with Crippen LogP contribution in [-0.2, 0) is 11.2 Å². The van der Waals surface area contributed by atoms with Gasteiger partial charge in [0.05, 0.1) is 27.4 Å². The van der Waals surface area contributed by atoms with Crippen LogP contribution in [0.15, 0.2) is 24.3 Å². The van der Waals surface area contributed by atoms with Crippen molar-refractivity contribution in [3.8, 4) is 17.2 Å². The van der Waals surface area contributed by atoms with Gasteiger partial charge in [0, 0.05) is 16.3 Å². The molecule has 3 rings (SSSR count). The molecule has 7 heteroatoms. The number of methoxy groups -OCH3 is 3. The third kappa shape index (κ3) is 3.82. The number of hydrogen-bond donors (Lipinski definition) is 1. The second-order valence-electron chi connectivity index (χ2n) is 6.75. The summed E-state index contributed by atoms with van der Waals surface area (Å²) < 4.78 is 16.5. The summed E-state index contributed by atoms with van der Waals surface area (Å²) in [5.74, 6) is 0.895. The molecule has 0 amide bonds. The van der Waals surface area contributed by atoms with E-state index in [9.17, 15) is 9.90 Å². The maximum absolute atomic E-state index is 11.9. The quantitative estimate of drug-likeness (QED) is 0.717. The molecule has 1 aromatic heterocycles. The normalized spacial score (nSPS) is 18.1. The highest BCUT2D eigenvalue weighted by Crippen LogP contribution is 2.44. The van der Waals surface area contributed by atoms with Crippen molar-refractivity contribution in [1.29, 1.82) is 0 Å². The first-order chi connectivity index (χ1) is 13.5. The van der Waals surface area contributed by atoms with E-state index in [1.807, 2.05) is 12.1 Å². The topological polar surface area (TPSA) is 68.2 Å². The number of benzene rings is 1. The molecule has 0 aliphatic carbocycles. The van der Waals surface area contributed by atoms with Crippen molar-refractivity contribution >= 4 is 17.3 Å². The summed E-state index contributed by atoms with van der Waals surface area (Å²) in [5.41, 5.74) is 0.937. The summed E-state index contributed by atoms with van der Waals surface area (Å²) in [5, 5.41) is 9.75. The second kappa shape index (κ2) is 8.84. The van der Waals surface area contributed by atoms with Gasteiger partial charge < -0.3 is 19.3 Å². The van der Waals surface area contributed by atoms with Crippen LogP contribution >= 0.6 is 11.3 Å². The van der Waals surface area contributed by atoms with Crippen LogP contribution in [0.2, 0.25) is 0 Å². The van der Waals surface area contributed by atoms with Crippen LogP contribution < -0.4 is 14.2 Å². The molecular weight excluding hydrogens is 378 g/mol. The van der Waals surface area contributed by atoms with Crippen LogP contribution in [0.3, 0.4) is 0 Å². The van der Waals surface area contributed by atoms with E-state index in [4.69, 9.17) is 14.2 Å². The Labute approximate surface area is 169 Å². The second-order valence-corrected chi connectivity index (χ2v) is 7.95. The molecule has 2 atom stereocenters. The Balaban J connectivity index is 2.15. The Morgan fingerprint density at radius 2 is 1.89 bits per heavy atom. The summed E-state index contributed by atoms with van der Waals surface area (Å²) >= 11 is 1.73. The zero-order valence-corrected chi connectivity index (χ0v) is 17.5. The van der Waals surface area contributed by atoms with Gasteiger partial charge in [-0.15, -0.1) is 11.3 Å². The minimum absolute atomic E-state index is 0.178. The van der Waals surface area contributed by atoms with Crippen LogP contribution in [0.1, 0.15) is 41.1 Å². The predicted octanol–water partition coefficient (Wildman–Crippen LogP) is 3.97. The van der Waals surface area contributed by atoms with E-state index < -0.39 is 12.0 Å². The summed E-state index contributed by atoms with van der Waals surface area (Å²) in [4.78, 5) is 16.4. The van der Waals surface area contributed by atoms with Crippen molar-refractivity contribution in [2.24, 2.45) is 0 Å². The van der Waals surface area contributed by atoms with Gasteiger partial charge in [-0.2, -0.15) is 0 Å². The average molecular weight is 406 g/mol. The number of carboxylic acids is 1. The zero-order chi connectivity index (χ0) is 20.3. The molecule has 1 fully saturated rings. The fraction of sp³-hybridized carbons (Fsp3) is 0.476. The van der Waals surface area contributed by atoms with Gasteiger partial charge in [0.15, 0.2) is 11.5 Å². The van der Waals surface area contributed by atoms with Gasteiger partial charge in [-0.1, -0.05) is 6.92 Å². The first-order valence-electron chi connectivity index (χ1n) is 9.41. The molecule has 2 aromatic rings. The predicted molar refractivity (Wildman–Crippen MR) is 109 cm³/mol. The largest absolute Gasteiger partial charge is 0.493 e.